The van der Waals surface area contributed by atoms with E-state index in [9.17, 15) is 30.4 Å². The van der Waals surface area contributed by atoms with Gasteiger partial charge in [0.15, 0.2) is 15.8 Å². The quantitative estimate of drug-likeness (QED) is 0.158. The molecule has 0 atom stereocenters. The third-order valence-corrected chi connectivity index (χ3v) is 12.1. The highest BCUT2D eigenvalue weighted by atomic mass is 32.2. The number of urea groups is 1. The van der Waals surface area contributed by atoms with E-state index in [1.807, 2.05) is 4.72 Å². The molecule has 0 aliphatic heterocycles. The van der Waals surface area contributed by atoms with Crippen molar-refractivity contribution in [3.63, 3.8) is 0 Å². The van der Waals surface area contributed by atoms with Crippen LogP contribution >= 0.6 is 0 Å². The molecule has 0 saturated carbocycles. The molecule has 0 spiro atoms. The largest absolute Gasteiger partial charge is 0.387 e. The molecule has 2 amide bonds. The van der Waals surface area contributed by atoms with Crippen molar-refractivity contribution in [1.82, 2.24) is 35.1 Å². The fraction of sp³-hybridized carbons (Fsp3) is 0.238. The summed E-state index contributed by atoms with van der Waals surface area (Å²) >= 11 is 0. The highest BCUT2D eigenvalue weighted by Gasteiger charge is 2.27. The molecule has 18 nitrogen and oxygen atoms in total. The third kappa shape index (κ3) is 10.9. The normalized spacial score (nSPS) is 12.5. The second-order valence-corrected chi connectivity index (χ2v) is 17.8. The molecule has 2 aliphatic rings. The molecular weight excluding hydrogens is 871 g/mol. The molecule has 22 heteroatoms. The van der Waals surface area contributed by atoms with Crippen LogP contribution in [-0.2, 0) is 45.7 Å². The van der Waals surface area contributed by atoms with Gasteiger partial charge < -0.3 is 19.9 Å². The number of carbonyl (C=O) groups is 1. The van der Waals surface area contributed by atoms with E-state index in [0.29, 0.717) is 75.5 Å². The van der Waals surface area contributed by atoms with Crippen LogP contribution in [0.4, 0.5) is 30.6 Å². The Hall–Kier alpha value is -7.22. The molecule has 8 rings (SSSR count). The number of primary sulfonamides is 1. The number of carbonyl (C=O) groups excluding carboxylic acids is 1. The number of pyridine rings is 2. The first-order valence-electron chi connectivity index (χ1n) is 19.4. The molecule has 2 aromatic carbocycles. The number of nitrogens with zero attached hydrogens (tertiary/aromatic N) is 9. The average molecular weight is 913 g/mol. The van der Waals surface area contributed by atoms with E-state index >= 15 is 0 Å². The molecule has 0 radical (unpaired) electrons. The maximum atomic E-state index is 14.7. The molecule has 332 valence electrons. The molecule has 6 aromatic rings. The molecule has 0 fully saturated rings. The summed E-state index contributed by atoms with van der Waals surface area (Å²) in [6.07, 6.45) is 15.2. The van der Waals surface area contributed by atoms with Gasteiger partial charge in [-0.05, 0) is 103 Å². The van der Waals surface area contributed by atoms with Gasteiger partial charge in [-0.3, -0.25) is 9.97 Å². The highest BCUT2D eigenvalue weighted by molar-refractivity contribution is 7.90. The van der Waals surface area contributed by atoms with Crippen molar-refractivity contribution >= 4 is 43.1 Å². The number of halogens is 2. The van der Waals surface area contributed by atoms with Crippen LogP contribution in [0.1, 0.15) is 35.1 Å². The number of ether oxygens (including phenoxy) is 1. The number of nitriles is 1. The zero-order chi connectivity index (χ0) is 46.2. The topological polar surface area (TPSA) is 252 Å². The lowest BCUT2D eigenvalue weighted by molar-refractivity contribution is 0.256. The van der Waals surface area contributed by atoms with E-state index in [4.69, 9.17) is 15.1 Å². The number of nitrogens with two attached hydrogens (primary N) is 1. The lowest BCUT2D eigenvalue weighted by Gasteiger charge is -2.17. The van der Waals surface area contributed by atoms with Crippen LogP contribution < -0.4 is 29.7 Å². The van der Waals surface area contributed by atoms with Crippen LogP contribution in [0.2, 0.25) is 0 Å². The summed E-state index contributed by atoms with van der Waals surface area (Å²) in [5.41, 5.74) is 6.75. The van der Waals surface area contributed by atoms with Gasteiger partial charge in [0, 0.05) is 81.8 Å². The van der Waals surface area contributed by atoms with Gasteiger partial charge in [0.05, 0.1) is 29.5 Å². The lowest BCUT2D eigenvalue weighted by Crippen LogP contribution is -2.35. The number of benzene rings is 2. The van der Waals surface area contributed by atoms with Crippen LogP contribution in [0.3, 0.4) is 0 Å². The van der Waals surface area contributed by atoms with Gasteiger partial charge in [-0.25, -0.2) is 31.9 Å². The maximum Gasteiger partial charge on any atom is 0.333 e. The summed E-state index contributed by atoms with van der Waals surface area (Å²) in [5.74, 6) is -0.0779. The molecule has 4 aromatic heterocycles. The molecule has 0 bridgehead atoms. The Morgan fingerprint density at radius 1 is 0.719 bits per heavy atom. The number of aromatic nitrogens is 6. The van der Waals surface area contributed by atoms with Gasteiger partial charge in [-0.15, -0.1) is 15.5 Å². The van der Waals surface area contributed by atoms with E-state index in [1.165, 1.54) is 36.7 Å². The zero-order valence-corrected chi connectivity index (χ0v) is 36.6. The van der Waals surface area contributed by atoms with Crippen molar-refractivity contribution < 1.29 is 35.1 Å². The molecule has 2 aliphatic carbocycles. The number of nitrogens with one attached hydrogen (secondary N) is 2. The van der Waals surface area contributed by atoms with Crippen molar-refractivity contribution in [3.05, 3.63) is 120 Å². The van der Waals surface area contributed by atoms with Gasteiger partial charge >= 0.3 is 6.03 Å². The summed E-state index contributed by atoms with van der Waals surface area (Å²) in [5, 5.41) is 29.9. The maximum absolute atomic E-state index is 14.7. The van der Waals surface area contributed by atoms with Crippen LogP contribution in [0.25, 0.3) is 22.3 Å². The molecule has 0 unspecified atom stereocenters. The van der Waals surface area contributed by atoms with E-state index in [2.05, 4.69) is 35.7 Å². The number of hydrogen-bond donors (Lipinski definition) is 3. The Labute approximate surface area is 368 Å². The first-order chi connectivity index (χ1) is 30.5. The van der Waals surface area contributed by atoms with E-state index in [0.717, 1.165) is 30.4 Å². The Balaban J connectivity index is 0.000000179. The first-order valence-corrected chi connectivity index (χ1v) is 22.4. The predicted molar refractivity (Wildman–Crippen MR) is 233 cm³/mol. The van der Waals surface area contributed by atoms with Crippen LogP contribution in [0, 0.1) is 23.2 Å². The number of hydrogen-bond acceptors (Lipinski definition) is 15. The Morgan fingerprint density at radius 2 is 1.19 bits per heavy atom. The summed E-state index contributed by atoms with van der Waals surface area (Å²) in [4.78, 5) is 24.0. The van der Waals surface area contributed by atoms with Gasteiger partial charge in [0.1, 0.15) is 11.6 Å². The number of rotatable bonds is 9. The van der Waals surface area contributed by atoms with Gasteiger partial charge in [-0.2, -0.15) is 18.6 Å². The van der Waals surface area contributed by atoms with Crippen molar-refractivity contribution in [1.29, 1.82) is 5.26 Å². The number of sulfonamides is 2. The van der Waals surface area contributed by atoms with E-state index in [1.54, 1.807) is 93.3 Å². The number of amides is 2. The Kier molecular flexibility index (Phi) is 14.4. The number of fused-ring (bicyclic) bond motifs is 2. The second kappa shape index (κ2) is 19.9. The first kappa shape index (κ1) is 46.3. The second-order valence-electron chi connectivity index (χ2n) is 14.7. The zero-order valence-electron chi connectivity index (χ0n) is 34.9. The predicted octanol–water partition coefficient (Wildman–Crippen LogP) is 5.17. The van der Waals surface area contributed by atoms with Crippen molar-refractivity contribution in [2.45, 2.75) is 48.6 Å². The van der Waals surface area contributed by atoms with Gasteiger partial charge in [-0.1, -0.05) is 0 Å². The average Bonchev–Trinajstić information content (AvgIpc) is 3.99. The molecular formula is C42H42F2N12O6S2. The fourth-order valence-corrected chi connectivity index (χ4v) is 8.27. The SMILES string of the molecule is CN(C)c1cnnc(S(=O)(=O)NC(=O)Nc2c(-c3ccncc3)cc(F)c3c2CCC3)c1.CN(C)c1cnnc(S(N)(=O)=O)c1.N#COc1c(-c2ccncc2)cc(F)c2c1CCC2. The minimum atomic E-state index is -4.28. The fourth-order valence-electron chi connectivity index (χ4n) is 6.99. The lowest BCUT2D eigenvalue weighted by atomic mass is 9.97. The molecule has 4 N–H and O–H groups in total. The van der Waals surface area contributed by atoms with Crippen molar-refractivity contribution in [2.24, 2.45) is 5.14 Å². The van der Waals surface area contributed by atoms with Crippen LogP contribution in [0.15, 0.2) is 95.8 Å². The Morgan fingerprint density at radius 3 is 1.72 bits per heavy atom. The minimum absolute atomic E-state index is 0.218. The monoisotopic (exact) mass is 912 g/mol. The summed E-state index contributed by atoms with van der Waals surface area (Å²) in [6, 6.07) is 11.4. The Bertz CT molecular complexity index is 2940. The molecule has 0 saturated heterocycles. The standard InChI is InChI=1S/C21H21FN6O3S.C15H11FN2O.C6H10N4O2S/c1-28(2)14-10-19(26-24-12-14)32(30,31)27-21(29)25-20-16-5-3-4-15(16)18(22)11-17(20)13-6-8-23-9-7-13;16-14-8-13(10-4-6-18-7-5-10)15(19-9-17)12-3-1-2-11(12)14;1-10(2)5-3-6(9-8-4-5)13(7,11)12/h6-12H,3-5H2,1-2H3,(H2,25,27,29);4-8H,1-3H2;3-4H,1-2H3,(H2,7,11,12). The number of anilines is 3. The molecule has 4 heterocycles. The van der Waals surface area contributed by atoms with Gasteiger partial charge in [0.25, 0.3) is 26.3 Å². The van der Waals surface area contributed by atoms with Gasteiger partial charge in [0.2, 0.25) is 0 Å². The van der Waals surface area contributed by atoms with Crippen LogP contribution in [0.5, 0.6) is 5.75 Å². The smallest absolute Gasteiger partial charge is 0.333 e. The minimum Gasteiger partial charge on any atom is -0.387 e. The van der Waals surface area contributed by atoms with Crippen molar-refractivity contribution in [3.8, 4) is 34.3 Å². The van der Waals surface area contributed by atoms with Crippen molar-refractivity contribution in [2.75, 3.05) is 43.3 Å². The third-order valence-electron chi connectivity index (χ3n) is 10.1. The summed E-state index contributed by atoms with van der Waals surface area (Å²) < 4.78 is 83.0. The summed E-state index contributed by atoms with van der Waals surface area (Å²) in [6.45, 7) is 0. The van der Waals surface area contributed by atoms with E-state index in [-0.39, 0.29) is 16.7 Å². The summed E-state index contributed by atoms with van der Waals surface area (Å²) in [7, 11) is -1.05. The van der Waals surface area contributed by atoms with Crippen LogP contribution in [-0.4, -0.2) is 81.4 Å². The van der Waals surface area contributed by atoms with E-state index < -0.39 is 31.1 Å². The molecule has 64 heavy (non-hydrogen) atoms. The highest BCUT2D eigenvalue weighted by Crippen LogP contribution is 2.41.